The molecule has 1 fully saturated rings. The van der Waals surface area contributed by atoms with E-state index in [2.05, 4.69) is 24.9 Å². The van der Waals surface area contributed by atoms with Crippen LogP contribution in [0.15, 0.2) is 52.1 Å². The molecule has 1 saturated carbocycles. The summed E-state index contributed by atoms with van der Waals surface area (Å²) in [5.74, 6) is 3.54. The van der Waals surface area contributed by atoms with E-state index in [9.17, 15) is 0 Å². The molecule has 0 spiro atoms. The van der Waals surface area contributed by atoms with Crippen molar-refractivity contribution in [2.45, 2.75) is 42.6 Å². The summed E-state index contributed by atoms with van der Waals surface area (Å²) in [7, 11) is 3.21. The Morgan fingerprint density at radius 1 is 1.06 bits per heavy atom. The van der Waals surface area contributed by atoms with Crippen LogP contribution < -0.4 is 9.47 Å². The van der Waals surface area contributed by atoms with Gasteiger partial charge < -0.3 is 14.0 Å². The Morgan fingerprint density at radius 2 is 1.88 bits per heavy atom. The first-order valence-corrected chi connectivity index (χ1v) is 12.4. The van der Waals surface area contributed by atoms with Crippen molar-refractivity contribution in [1.82, 2.24) is 24.9 Å². The molecule has 2 aromatic heterocycles. The number of halogens is 1. The molecule has 0 radical (unpaired) electrons. The summed E-state index contributed by atoms with van der Waals surface area (Å²) >= 11 is 8.02. The van der Waals surface area contributed by atoms with Crippen LogP contribution in [-0.2, 0) is 5.75 Å². The van der Waals surface area contributed by atoms with Gasteiger partial charge in [0, 0.05) is 17.7 Å². The van der Waals surface area contributed by atoms with E-state index >= 15 is 0 Å². The van der Waals surface area contributed by atoms with E-state index < -0.39 is 0 Å². The number of thioether (sulfide) groups is 1. The topological polar surface area (TPSA) is 88.1 Å². The number of aromatic nitrogens is 5. The summed E-state index contributed by atoms with van der Waals surface area (Å²) in [5.41, 5.74) is 1.63. The molecule has 0 unspecified atom stereocenters. The first-order chi connectivity index (χ1) is 16.7. The highest BCUT2D eigenvalue weighted by Crippen LogP contribution is 2.39. The molecule has 4 aromatic rings. The maximum atomic E-state index is 6.49. The maximum absolute atomic E-state index is 6.49. The third kappa shape index (κ3) is 4.50. The van der Waals surface area contributed by atoms with Gasteiger partial charge in [-0.05, 0) is 37.1 Å². The van der Waals surface area contributed by atoms with Crippen molar-refractivity contribution in [3.8, 4) is 34.3 Å². The number of rotatable bonds is 8. The molecule has 5 rings (SSSR count). The van der Waals surface area contributed by atoms with Gasteiger partial charge in [0.25, 0.3) is 0 Å². The molecule has 0 atom stereocenters. The van der Waals surface area contributed by atoms with Crippen molar-refractivity contribution in [2.75, 3.05) is 14.2 Å². The molecule has 0 N–H and O–H groups in total. The maximum Gasteiger partial charge on any atom is 0.237 e. The SMILES string of the molecule is COc1ccc(-c2noc(CSc3nnc(-c4ccccc4Cl)n3C3CCCC3)n2)c(OC)c1. The molecule has 176 valence electrons. The van der Waals surface area contributed by atoms with E-state index in [0.717, 1.165) is 34.9 Å². The van der Waals surface area contributed by atoms with Crippen molar-refractivity contribution < 1.29 is 14.0 Å². The summed E-state index contributed by atoms with van der Waals surface area (Å²) in [4.78, 5) is 4.57. The van der Waals surface area contributed by atoms with Crippen molar-refractivity contribution in [2.24, 2.45) is 0 Å². The third-order valence-corrected chi connectivity index (χ3v) is 7.17. The zero-order valence-corrected chi connectivity index (χ0v) is 20.5. The highest BCUT2D eigenvalue weighted by Gasteiger charge is 2.26. The Bertz CT molecular complexity index is 1290. The molecular weight excluding hydrogens is 474 g/mol. The first kappa shape index (κ1) is 22.7. The van der Waals surface area contributed by atoms with Crippen LogP contribution in [0.3, 0.4) is 0 Å². The predicted molar refractivity (Wildman–Crippen MR) is 130 cm³/mol. The van der Waals surface area contributed by atoms with Gasteiger partial charge in [-0.3, -0.25) is 4.57 Å². The Hall–Kier alpha value is -3.04. The fraction of sp³-hybridized carbons (Fsp3) is 0.333. The highest BCUT2D eigenvalue weighted by atomic mass is 35.5. The number of hydrogen-bond donors (Lipinski definition) is 0. The Kier molecular flexibility index (Phi) is 6.73. The van der Waals surface area contributed by atoms with Crippen molar-refractivity contribution in [1.29, 1.82) is 0 Å². The number of ether oxygens (including phenoxy) is 2. The Morgan fingerprint density at radius 3 is 2.65 bits per heavy atom. The normalized spacial score (nSPS) is 14.0. The number of benzene rings is 2. The average molecular weight is 498 g/mol. The smallest absolute Gasteiger partial charge is 0.237 e. The summed E-state index contributed by atoms with van der Waals surface area (Å²) < 4.78 is 18.5. The summed E-state index contributed by atoms with van der Waals surface area (Å²) in [6, 6.07) is 13.6. The van der Waals surface area contributed by atoms with Crippen LogP contribution in [0.2, 0.25) is 5.02 Å². The van der Waals surface area contributed by atoms with Crippen LogP contribution in [0.25, 0.3) is 22.8 Å². The summed E-state index contributed by atoms with van der Waals surface area (Å²) in [6.45, 7) is 0. The van der Waals surface area contributed by atoms with Gasteiger partial charge in [-0.1, -0.05) is 53.5 Å². The molecule has 0 aliphatic heterocycles. The zero-order chi connectivity index (χ0) is 23.5. The van der Waals surface area contributed by atoms with E-state index in [-0.39, 0.29) is 0 Å². The van der Waals surface area contributed by atoms with E-state index in [1.807, 2.05) is 36.4 Å². The lowest BCUT2D eigenvalue weighted by Gasteiger charge is -2.17. The monoisotopic (exact) mass is 497 g/mol. The van der Waals surface area contributed by atoms with Gasteiger partial charge >= 0.3 is 0 Å². The van der Waals surface area contributed by atoms with Gasteiger partial charge in [-0.15, -0.1) is 10.2 Å². The quantitative estimate of drug-likeness (QED) is 0.271. The Labute approximate surface area is 206 Å². The highest BCUT2D eigenvalue weighted by molar-refractivity contribution is 7.98. The van der Waals surface area contributed by atoms with Crippen molar-refractivity contribution in [3.05, 3.63) is 53.4 Å². The van der Waals surface area contributed by atoms with Crippen LogP contribution >= 0.6 is 23.4 Å². The molecule has 1 aliphatic rings. The van der Waals surface area contributed by atoms with Crippen LogP contribution in [-0.4, -0.2) is 39.1 Å². The summed E-state index contributed by atoms with van der Waals surface area (Å²) in [5, 5.41) is 14.6. The number of nitrogens with zero attached hydrogens (tertiary/aromatic N) is 5. The average Bonchev–Trinajstić information content (AvgIpc) is 3.63. The molecule has 2 heterocycles. The van der Waals surface area contributed by atoms with Gasteiger partial charge in [0.15, 0.2) is 11.0 Å². The number of methoxy groups -OCH3 is 2. The molecule has 8 nitrogen and oxygen atoms in total. The predicted octanol–water partition coefficient (Wildman–Crippen LogP) is 6.07. The molecule has 0 bridgehead atoms. The lowest BCUT2D eigenvalue weighted by molar-refractivity contribution is 0.388. The largest absolute Gasteiger partial charge is 0.497 e. The molecular formula is C24H24ClN5O3S. The van der Waals surface area contributed by atoms with Crippen molar-refractivity contribution in [3.63, 3.8) is 0 Å². The standard InChI is InChI=1S/C24H24ClN5O3S/c1-31-16-11-12-18(20(13-16)32-2)22-26-21(33-29-22)14-34-24-28-27-23(17-9-5-6-10-19(17)25)30(24)15-7-3-4-8-15/h5-6,9-13,15H,3-4,7-8,14H2,1-2H3. The minimum Gasteiger partial charge on any atom is -0.497 e. The Balaban J connectivity index is 1.39. The fourth-order valence-corrected chi connectivity index (χ4v) is 5.29. The molecule has 0 saturated heterocycles. The second-order valence-corrected chi connectivity index (χ2v) is 9.31. The first-order valence-electron chi connectivity index (χ1n) is 11.1. The minimum atomic E-state index is 0.352. The third-order valence-electron chi connectivity index (χ3n) is 5.91. The summed E-state index contributed by atoms with van der Waals surface area (Å²) in [6.07, 6.45) is 4.60. The molecule has 0 amide bonds. The second-order valence-electron chi connectivity index (χ2n) is 7.96. The molecule has 34 heavy (non-hydrogen) atoms. The molecule has 10 heteroatoms. The van der Waals surface area contributed by atoms with Crippen LogP contribution in [0.4, 0.5) is 0 Å². The van der Waals surface area contributed by atoms with Crippen LogP contribution in [0.5, 0.6) is 11.5 Å². The van der Waals surface area contributed by atoms with E-state index in [0.29, 0.717) is 40.0 Å². The zero-order valence-electron chi connectivity index (χ0n) is 18.9. The molecule has 2 aromatic carbocycles. The van der Waals surface area contributed by atoms with E-state index in [1.54, 1.807) is 20.3 Å². The van der Waals surface area contributed by atoms with Gasteiger partial charge in [-0.25, -0.2) is 0 Å². The minimum absolute atomic E-state index is 0.352. The second kappa shape index (κ2) is 10.1. The van der Waals surface area contributed by atoms with Gasteiger partial charge in [0.2, 0.25) is 11.7 Å². The number of hydrogen-bond acceptors (Lipinski definition) is 8. The van der Waals surface area contributed by atoms with E-state index in [1.165, 1.54) is 24.6 Å². The van der Waals surface area contributed by atoms with Crippen LogP contribution in [0.1, 0.15) is 37.6 Å². The van der Waals surface area contributed by atoms with Crippen LogP contribution in [0, 0.1) is 0 Å². The molecule has 1 aliphatic carbocycles. The van der Waals surface area contributed by atoms with Gasteiger partial charge in [0.1, 0.15) is 11.5 Å². The van der Waals surface area contributed by atoms with Crippen molar-refractivity contribution >= 4 is 23.4 Å². The fourth-order valence-electron chi connectivity index (χ4n) is 4.23. The lowest BCUT2D eigenvalue weighted by atomic mass is 10.2. The lowest BCUT2D eigenvalue weighted by Crippen LogP contribution is -2.08. The van der Waals surface area contributed by atoms with Gasteiger partial charge in [0.05, 0.1) is 30.6 Å². The van der Waals surface area contributed by atoms with Gasteiger partial charge in [-0.2, -0.15) is 4.98 Å². The van der Waals surface area contributed by atoms with E-state index in [4.69, 9.17) is 25.6 Å².